The summed E-state index contributed by atoms with van der Waals surface area (Å²) in [5, 5.41) is 0. The first-order chi connectivity index (χ1) is 9.86. The summed E-state index contributed by atoms with van der Waals surface area (Å²) in [7, 11) is 0. The Morgan fingerprint density at radius 2 is 1.90 bits per heavy atom. The van der Waals surface area contributed by atoms with Crippen LogP contribution in [0.15, 0.2) is 36.4 Å². The van der Waals surface area contributed by atoms with Crippen LogP contribution in [-0.2, 0) is 6.18 Å². The van der Waals surface area contributed by atoms with Crippen LogP contribution in [0.4, 0.5) is 18.9 Å². The summed E-state index contributed by atoms with van der Waals surface area (Å²) in [5.41, 5.74) is 7.99. The number of fused-ring (bicyclic) bond motifs is 1. The Hall–Kier alpha value is -2.50. The van der Waals surface area contributed by atoms with E-state index < -0.39 is 11.7 Å². The molecule has 3 N–H and O–H groups in total. The van der Waals surface area contributed by atoms with E-state index in [-0.39, 0.29) is 11.3 Å². The molecule has 6 heteroatoms. The molecule has 0 atom stereocenters. The lowest BCUT2D eigenvalue weighted by Gasteiger charge is -2.09. The summed E-state index contributed by atoms with van der Waals surface area (Å²) in [6.45, 7) is 1.89. The zero-order valence-electron chi connectivity index (χ0n) is 11.1. The number of aromatic amines is 1. The molecule has 0 fully saturated rings. The number of aryl methyl sites for hydroxylation is 1. The molecule has 21 heavy (non-hydrogen) atoms. The summed E-state index contributed by atoms with van der Waals surface area (Å²) in [6.07, 6.45) is -4.41. The Morgan fingerprint density at radius 3 is 2.57 bits per heavy atom. The van der Waals surface area contributed by atoms with Crippen LogP contribution >= 0.6 is 0 Å². The van der Waals surface area contributed by atoms with E-state index in [1.165, 1.54) is 6.07 Å². The largest absolute Gasteiger partial charge is 0.416 e. The van der Waals surface area contributed by atoms with Gasteiger partial charge in [0.2, 0.25) is 0 Å². The highest BCUT2D eigenvalue weighted by Crippen LogP contribution is 2.34. The second-order valence-electron chi connectivity index (χ2n) is 4.86. The Balaban J connectivity index is 2.20. The molecule has 0 radical (unpaired) electrons. The van der Waals surface area contributed by atoms with E-state index in [2.05, 4.69) is 9.97 Å². The number of nitrogens with zero attached hydrogens (tertiary/aromatic N) is 1. The smallest absolute Gasteiger partial charge is 0.398 e. The van der Waals surface area contributed by atoms with Crippen LogP contribution in [0.3, 0.4) is 0 Å². The third-order valence-electron chi connectivity index (χ3n) is 3.35. The van der Waals surface area contributed by atoms with Crippen LogP contribution in [0.2, 0.25) is 0 Å². The molecule has 0 saturated heterocycles. The number of nitrogens with two attached hydrogens (primary N) is 1. The van der Waals surface area contributed by atoms with Crippen LogP contribution in [0.5, 0.6) is 0 Å². The monoisotopic (exact) mass is 291 g/mol. The topological polar surface area (TPSA) is 54.7 Å². The van der Waals surface area contributed by atoms with Gasteiger partial charge in [-0.2, -0.15) is 13.2 Å². The first kappa shape index (κ1) is 13.5. The molecular weight excluding hydrogens is 279 g/mol. The molecule has 0 spiro atoms. The molecule has 0 aliphatic rings. The number of para-hydroxylation sites is 1. The predicted octanol–water partition coefficient (Wildman–Crippen LogP) is 4.14. The summed E-state index contributed by atoms with van der Waals surface area (Å²) < 4.78 is 38.4. The van der Waals surface area contributed by atoms with Gasteiger partial charge in [0.05, 0.1) is 16.6 Å². The van der Waals surface area contributed by atoms with Gasteiger partial charge in [0, 0.05) is 11.3 Å². The molecule has 1 aromatic heterocycles. The number of H-pyrrole nitrogens is 1. The number of hydrogen-bond acceptors (Lipinski definition) is 2. The molecule has 0 bridgehead atoms. The van der Waals surface area contributed by atoms with Crippen LogP contribution < -0.4 is 5.73 Å². The first-order valence-corrected chi connectivity index (χ1v) is 6.28. The number of nitrogens with one attached hydrogen (secondary N) is 1. The predicted molar refractivity (Wildman–Crippen MR) is 75.7 cm³/mol. The first-order valence-electron chi connectivity index (χ1n) is 6.28. The highest BCUT2D eigenvalue weighted by molar-refractivity contribution is 5.84. The minimum Gasteiger partial charge on any atom is -0.398 e. The van der Waals surface area contributed by atoms with Crippen molar-refractivity contribution in [2.75, 3.05) is 5.73 Å². The second kappa shape index (κ2) is 4.51. The van der Waals surface area contributed by atoms with Crippen molar-refractivity contribution in [1.29, 1.82) is 0 Å². The maximum atomic E-state index is 12.8. The Bertz CT molecular complexity index is 819. The number of hydrogen-bond donors (Lipinski definition) is 2. The van der Waals surface area contributed by atoms with Gasteiger partial charge in [-0.05, 0) is 36.8 Å². The Kier molecular flexibility index (Phi) is 2.90. The van der Waals surface area contributed by atoms with Gasteiger partial charge in [-0.1, -0.05) is 12.1 Å². The van der Waals surface area contributed by atoms with Crippen LogP contribution in [0.1, 0.15) is 11.1 Å². The molecule has 1 heterocycles. The summed E-state index contributed by atoms with van der Waals surface area (Å²) in [5.74, 6) is 0.336. The summed E-state index contributed by atoms with van der Waals surface area (Å²) in [4.78, 5) is 7.38. The van der Waals surface area contributed by atoms with Crippen molar-refractivity contribution in [1.82, 2.24) is 9.97 Å². The number of imidazole rings is 1. The van der Waals surface area contributed by atoms with Crippen molar-refractivity contribution >= 4 is 16.7 Å². The minimum absolute atomic E-state index is 0.250. The number of rotatable bonds is 1. The summed E-state index contributed by atoms with van der Waals surface area (Å²) >= 11 is 0. The number of halogens is 3. The van der Waals surface area contributed by atoms with E-state index >= 15 is 0 Å². The second-order valence-corrected chi connectivity index (χ2v) is 4.86. The summed E-state index contributed by atoms with van der Waals surface area (Å²) in [6, 6.07) is 8.80. The Morgan fingerprint density at radius 1 is 1.14 bits per heavy atom. The quantitative estimate of drug-likeness (QED) is 0.662. The zero-order chi connectivity index (χ0) is 15.2. The molecule has 2 aromatic carbocycles. The van der Waals surface area contributed by atoms with Gasteiger partial charge in [0.1, 0.15) is 5.82 Å². The zero-order valence-corrected chi connectivity index (χ0v) is 11.1. The molecular formula is C15H12F3N3. The number of alkyl halides is 3. The number of benzene rings is 2. The van der Waals surface area contributed by atoms with Gasteiger partial charge in [-0.3, -0.25) is 0 Å². The SMILES string of the molecule is Cc1cccc2[nH]c(-c3cc(C(F)(F)F)ccc3N)nc12. The van der Waals surface area contributed by atoms with Crippen molar-refractivity contribution in [2.45, 2.75) is 13.1 Å². The molecule has 0 aliphatic carbocycles. The fourth-order valence-corrected chi connectivity index (χ4v) is 2.24. The number of anilines is 1. The maximum absolute atomic E-state index is 12.8. The van der Waals surface area contributed by atoms with E-state index in [4.69, 9.17) is 5.73 Å². The van der Waals surface area contributed by atoms with Gasteiger partial charge >= 0.3 is 6.18 Å². The average molecular weight is 291 g/mol. The van der Waals surface area contributed by atoms with Gasteiger partial charge in [0.25, 0.3) is 0 Å². The van der Waals surface area contributed by atoms with E-state index in [1.807, 2.05) is 25.1 Å². The minimum atomic E-state index is -4.41. The molecule has 3 aromatic rings. The lowest BCUT2D eigenvalue weighted by molar-refractivity contribution is -0.137. The number of nitrogen functional groups attached to an aromatic ring is 1. The van der Waals surface area contributed by atoms with Gasteiger partial charge < -0.3 is 10.7 Å². The van der Waals surface area contributed by atoms with E-state index in [0.717, 1.165) is 28.7 Å². The van der Waals surface area contributed by atoms with E-state index in [9.17, 15) is 13.2 Å². The Labute approximate surface area is 118 Å². The molecule has 0 saturated carbocycles. The molecule has 3 rings (SSSR count). The molecule has 0 aliphatic heterocycles. The van der Waals surface area contributed by atoms with Crippen LogP contribution in [0, 0.1) is 6.92 Å². The van der Waals surface area contributed by atoms with Crippen molar-refractivity contribution in [3.8, 4) is 11.4 Å². The molecule has 0 amide bonds. The maximum Gasteiger partial charge on any atom is 0.416 e. The van der Waals surface area contributed by atoms with Crippen LogP contribution in [-0.4, -0.2) is 9.97 Å². The lowest BCUT2D eigenvalue weighted by atomic mass is 10.1. The van der Waals surface area contributed by atoms with Gasteiger partial charge in [-0.15, -0.1) is 0 Å². The van der Waals surface area contributed by atoms with Gasteiger partial charge in [-0.25, -0.2) is 4.98 Å². The normalized spacial score (nSPS) is 12.0. The van der Waals surface area contributed by atoms with Crippen molar-refractivity contribution in [2.24, 2.45) is 0 Å². The van der Waals surface area contributed by atoms with Crippen molar-refractivity contribution < 1.29 is 13.2 Å². The third kappa shape index (κ3) is 2.33. The molecule has 108 valence electrons. The highest BCUT2D eigenvalue weighted by Gasteiger charge is 2.31. The lowest BCUT2D eigenvalue weighted by Crippen LogP contribution is -2.06. The van der Waals surface area contributed by atoms with E-state index in [1.54, 1.807) is 0 Å². The molecule has 0 unspecified atom stereocenters. The van der Waals surface area contributed by atoms with Crippen molar-refractivity contribution in [3.05, 3.63) is 47.5 Å². The average Bonchev–Trinajstić information content (AvgIpc) is 2.83. The van der Waals surface area contributed by atoms with Crippen molar-refractivity contribution in [3.63, 3.8) is 0 Å². The molecule has 3 nitrogen and oxygen atoms in total. The van der Waals surface area contributed by atoms with Gasteiger partial charge in [0.15, 0.2) is 0 Å². The fraction of sp³-hybridized carbons (Fsp3) is 0.133. The number of aromatic nitrogens is 2. The highest BCUT2D eigenvalue weighted by atomic mass is 19.4. The third-order valence-corrected chi connectivity index (χ3v) is 3.35. The standard InChI is InChI=1S/C15H12F3N3/c1-8-3-2-4-12-13(8)21-14(20-12)10-7-9(15(16,17)18)5-6-11(10)19/h2-7H,19H2,1H3,(H,20,21). The van der Waals surface area contributed by atoms with Crippen LogP contribution in [0.25, 0.3) is 22.4 Å². The van der Waals surface area contributed by atoms with E-state index in [0.29, 0.717) is 5.82 Å². The fourth-order valence-electron chi connectivity index (χ4n) is 2.24.